The Morgan fingerprint density at radius 3 is 3.17 bits per heavy atom. The second kappa shape index (κ2) is 5.04. The van der Waals surface area contributed by atoms with Crippen LogP contribution in [0, 0.1) is 0 Å². The molecule has 0 radical (unpaired) electrons. The van der Waals surface area contributed by atoms with Gasteiger partial charge in [-0.2, -0.15) is 0 Å². The van der Waals surface area contributed by atoms with E-state index in [4.69, 9.17) is 10.5 Å². The topological polar surface area (TPSA) is 61.0 Å². The molecular weight excluding hydrogens is 246 g/mol. The van der Waals surface area contributed by atoms with Crippen molar-refractivity contribution in [1.29, 1.82) is 0 Å². The number of nitrogens with zero attached hydrogens (tertiary/aromatic N) is 2. The van der Waals surface area contributed by atoms with Crippen LogP contribution in [0.25, 0.3) is 0 Å². The summed E-state index contributed by atoms with van der Waals surface area (Å²) in [5, 5.41) is 3.84. The van der Waals surface area contributed by atoms with E-state index in [-0.39, 0.29) is 6.04 Å². The van der Waals surface area contributed by atoms with Crippen LogP contribution in [0.4, 0.5) is 0 Å². The molecule has 2 unspecified atom stereocenters. The van der Waals surface area contributed by atoms with E-state index in [0.717, 1.165) is 30.1 Å². The lowest BCUT2D eigenvalue weighted by Gasteiger charge is -2.27. The van der Waals surface area contributed by atoms with Gasteiger partial charge >= 0.3 is 0 Å². The average Bonchev–Trinajstić information content (AvgIpc) is 2.93. The first kappa shape index (κ1) is 11.6. The highest BCUT2D eigenvalue weighted by Gasteiger charge is 2.24. The second-order valence-corrected chi connectivity index (χ2v) is 5.35. The number of hydrogen-bond acceptors (Lipinski definition) is 5. The molecule has 2 aromatic rings. The van der Waals surface area contributed by atoms with Crippen molar-refractivity contribution in [2.75, 3.05) is 6.61 Å². The molecule has 2 atom stereocenters. The minimum absolute atomic E-state index is 0.0150. The van der Waals surface area contributed by atoms with Gasteiger partial charge in [-0.25, -0.2) is 0 Å². The fourth-order valence-electron chi connectivity index (χ4n) is 2.42. The van der Waals surface area contributed by atoms with E-state index in [1.165, 1.54) is 17.1 Å². The Balaban J connectivity index is 1.78. The summed E-state index contributed by atoms with van der Waals surface area (Å²) in [4.78, 5) is 1.05. The van der Waals surface area contributed by atoms with Crippen molar-refractivity contribution in [3.63, 3.8) is 0 Å². The lowest BCUT2D eigenvalue weighted by atomic mass is 9.87. The molecule has 3 rings (SSSR count). The molecule has 0 bridgehead atoms. The normalized spacial score (nSPS) is 19.9. The molecule has 0 saturated heterocycles. The van der Waals surface area contributed by atoms with Crippen molar-refractivity contribution in [3.8, 4) is 5.75 Å². The van der Waals surface area contributed by atoms with Gasteiger partial charge in [-0.15, -0.1) is 5.10 Å². The summed E-state index contributed by atoms with van der Waals surface area (Å²) in [6.07, 6.45) is 3.71. The standard InChI is InChI=1S/C13H15N3OS/c14-11(13-8-15-16-18-13)7-9-5-6-17-12-4-2-1-3-10(9)12/h1-4,8-9,11H,5-7,14H2. The van der Waals surface area contributed by atoms with Gasteiger partial charge in [-0.1, -0.05) is 22.7 Å². The summed E-state index contributed by atoms with van der Waals surface area (Å²) in [7, 11) is 0. The van der Waals surface area contributed by atoms with Crippen LogP contribution in [0.2, 0.25) is 0 Å². The Bertz CT molecular complexity index is 515. The number of para-hydroxylation sites is 1. The first-order valence-electron chi connectivity index (χ1n) is 6.09. The van der Waals surface area contributed by atoms with E-state index in [9.17, 15) is 0 Å². The van der Waals surface area contributed by atoms with Crippen LogP contribution >= 0.6 is 11.5 Å². The van der Waals surface area contributed by atoms with Gasteiger partial charge in [0.25, 0.3) is 0 Å². The number of benzene rings is 1. The van der Waals surface area contributed by atoms with Gasteiger partial charge in [-0.3, -0.25) is 0 Å². The van der Waals surface area contributed by atoms with E-state index >= 15 is 0 Å². The van der Waals surface area contributed by atoms with Crippen LogP contribution in [-0.2, 0) is 0 Å². The zero-order valence-electron chi connectivity index (χ0n) is 9.95. The Morgan fingerprint density at radius 2 is 2.33 bits per heavy atom. The Kier molecular flexibility index (Phi) is 3.25. The van der Waals surface area contributed by atoms with E-state index in [0.29, 0.717) is 5.92 Å². The summed E-state index contributed by atoms with van der Waals surface area (Å²) in [5.41, 5.74) is 7.49. The molecule has 2 N–H and O–H groups in total. The molecule has 1 aliphatic heterocycles. The zero-order valence-corrected chi connectivity index (χ0v) is 10.8. The minimum atomic E-state index is 0.0150. The largest absolute Gasteiger partial charge is 0.493 e. The molecule has 2 heterocycles. The molecule has 0 spiro atoms. The lowest BCUT2D eigenvalue weighted by molar-refractivity contribution is 0.259. The third-order valence-electron chi connectivity index (χ3n) is 3.36. The highest BCUT2D eigenvalue weighted by atomic mass is 32.1. The third kappa shape index (κ3) is 2.23. The van der Waals surface area contributed by atoms with Gasteiger partial charge in [-0.05, 0) is 41.9 Å². The van der Waals surface area contributed by atoms with Gasteiger partial charge < -0.3 is 10.5 Å². The van der Waals surface area contributed by atoms with E-state index in [1.54, 1.807) is 6.20 Å². The summed E-state index contributed by atoms with van der Waals surface area (Å²) in [6.45, 7) is 0.773. The maximum Gasteiger partial charge on any atom is 0.122 e. The first-order valence-corrected chi connectivity index (χ1v) is 6.86. The highest BCUT2D eigenvalue weighted by Crippen LogP contribution is 2.38. The predicted molar refractivity (Wildman–Crippen MR) is 70.7 cm³/mol. The van der Waals surface area contributed by atoms with Gasteiger partial charge in [0.1, 0.15) is 5.75 Å². The van der Waals surface area contributed by atoms with Crippen molar-refractivity contribution >= 4 is 11.5 Å². The fourth-order valence-corrected chi connectivity index (χ4v) is 2.94. The molecule has 1 aromatic heterocycles. The van der Waals surface area contributed by atoms with Crippen LogP contribution in [0.5, 0.6) is 5.75 Å². The Labute approximate surface area is 110 Å². The van der Waals surface area contributed by atoms with E-state index in [1.807, 2.05) is 12.1 Å². The number of fused-ring (bicyclic) bond motifs is 1. The van der Waals surface area contributed by atoms with Gasteiger partial charge in [0.2, 0.25) is 0 Å². The Hall–Kier alpha value is -1.46. The molecule has 0 aliphatic carbocycles. The number of hydrogen-bond donors (Lipinski definition) is 1. The SMILES string of the molecule is NC(CC1CCOc2ccccc21)c1cnns1. The number of ether oxygens (including phenoxy) is 1. The lowest BCUT2D eigenvalue weighted by Crippen LogP contribution is -2.19. The van der Waals surface area contributed by atoms with Crippen LogP contribution in [0.3, 0.4) is 0 Å². The number of nitrogens with two attached hydrogens (primary N) is 1. The van der Waals surface area contributed by atoms with E-state index in [2.05, 4.69) is 21.7 Å². The van der Waals surface area contributed by atoms with Crippen molar-refractivity contribution in [2.45, 2.75) is 24.8 Å². The molecule has 1 aromatic carbocycles. The second-order valence-electron chi connectivity index (χ2n) is 4.53. The Morgan fingerprint density at radius 1 is 1.44 bits per heavy atom. The maximum absolute atomic E-state index is 6.22. The monoisotopic (exact) mass is 261 g/mol. The first-order chi connectivity index (χ1) is 8.84. The van der Waals surface area contributed by atoms with Crippen molar-refractivity contribution in [2.24, 2.45) is 5.73 Å². The van der Waals surface area contributed by atoms with Gasteiger partial charge in [0.05, 0.1) is 17.7 Å². The van der Waals surface area contributed by atoms with Crippen LogP contribution in [0.15, 0.2) is 30.5 Å². The maximum atomic E-state index is 6.22. The van der Waals surface area contributed by atoms with Crippen molar-refractivity contribution in [3.05, 3.63) is 40.9 Å². The molecule has 18 heavy (non-hydrogen) atoms. The van der Waals surface area contributed by atoms with E-state index < -0.39 is 0 Å². The quantitative estimate of drug-likeness (QED) is 0.922. The third-order valence-corrected chi connectivity index (χ3v) is 4.16. The molecule has 5 heteroatoms. The summed E-state index contributed by atoms with van der Waals surface area (Å²) in [5.74, 6) is 1.47. The molecule has 4 nitrogen and oxygen atoms in total. The smallest absolute Gasteiger partial charge is 0.122 e. The highest BCUT2D eigenvalue weighted by molar-refractivity contribution is 7.05. The average molecular weight is 261 g/mol. The van der Waals surface area contributed by atoms with Crippen LogP contribution in [0.1, 0.15) is 35.2 Å². The zero-order chi connectivity index (χ0) is 12.4. The van der Waals surface area contributed by atoms with Crippen molar-refractivity contribution in [1.82, 2.24) is 9.59 Å². The van der Waals surface area contributed by atoms with Gasteiger partial charge in [0.15, 0.2) is 0 Å². The number of rotatable bonds is 3. The van der Waals surface area contributed by atoms with Crippen LogP contribution < -0.4 is 10.5 Å². The summed E-state index contributed by atoms with van der Waals surface area (Å²) >= 11 is 1.38. The molecule has 0 fully saturated rings. The molecular formula is C13H15N3OS. The predicted octanol–water partition coefficient (Wildman–Crippen LogP) is 2.49. The molecule has 1 aliphatic rings. The molecule has 0 saturated carbocycles. The van der Waals surface area contributed by atoms with Crippen LogP contribution in [-0.4, -0.2) is 16.2 Å². The molecule has 94 valence electrons. The molecule has 0 amide bonds. The summed E-state index contributed by atoms with van der Waals surface area (Å²) < 4.78 is 9.53. The minimum Gasteiger partial charge on any atom is -0.493 e. The fraction of sp³-hybridized carbons (Fsp3) is 0.385. The summed E-state index contributed by atoms with van der Waals surface area (Å²) in [6, 6.07) is 8.24. The van der Waals surface area contributed by atoms with Gasteiger partial charge in [0, 0.05) is 6.04 Å². The number of aromatic nitrogens is 2. The van der Waals surface area contributed by atoms with Crippen molar-refractivity contribution < 1.29 is 4.74 Å².